The van der Waals surface area contributed by atoms with Gasteiger partial charge in [-0.25, -0.2) is 8.42 Å². The Labute approximate surface area is 252 Å². The van der Waals surface area contributed by atoms with Gasteiger partial charge in [-0.15, -0.1) is 0 Å². The lowest BCUT2D eigenvalue weighted by Crippen LogP contribution is -2.41. The Morgan fingerprint density at radius 2 is 1.31 bits per heavy atom. The lowest BCUT2D eigenvalue weighted by atomic mass is 10.0. The van der Waals surface area contributed by atoms with E-state index in [2.05, 4.69) is 33.9 Å². The van der Waals surface area contributed by atoms with Crippen LogP contribution in [0.2, 0.25) is 18.1 Å². The van der Waals surface area contributed by atoms with E-state index in [1.165, 1.54) is 7.11 Å². The minimum atomic E-state index is -3.78. The van der Waals surface area contributed by atoms with Crippen LogP contribution in [0.25, 0.3) is 0 Å². The molecule has 9 nitrogen and oxygen atoms in total. The summed E-state index contributed by atoms with van der Waals surface area (Å²) in [4.78, 5) is 0.101. The van der Waals surface area contributed by atoms with Crippen molar-refractivity contribution in [3.8, 4) is 28.7 Å². The Morgan fingerprint density at radius 1 is 0.810 bits per heavy atom. The fourth-order valence-electron chi connectivity index (χ4n) is 4.66. The summed E-state index contributed by atoms with van der Waals surface area (Å²) >= 11 is 0. The van der Waals surface area contributed by atoms with Gasteiger partial charge in [-0.3, -0.25) is 0 Å². The standard InChI is InChI=1S/C31H48O9SSi/c1-11-14-38-30-27(36-7)19-22(20-28(30)41(32,33)16-15-39-42(9,10)31(2,3)4)24-13-12-23(40-24)21-17-25(34-5)29(37-8)26(18-21)35-6/h17-20,23-24H,11-16H2,1-10H3/t23-,24+/m1/s1. The molecule has 1 aliphatic heterocycles. The predicted octanol–water partition coefficient (Wildman–Crippen LogP) is 6.90. The summed E-state index contributed by atoms with van der Waals surface area (Å²) in [5.41, 5.74) is 1.60. The van der Waals surface area contributed by atoms with E-state index in [9.17, 15) is 8.42 Å². The molecule has 3 rings (SSSR count). The molecule has 2 aromatic rings. The molecule has 0 amide bonds. The zero-order chi connectivity index (χ0) is 31.3. The third kappa shape index (κ3) is 7.53. The average molecular weight is 625 g/mol. The van der Waals surface area contributed by atoms with E-state index in [0.717, 1.165) is 24.0 Å². The first-order valence-electron chi connectivity index (χ1n) is 14.4. The van der Waals surface area contributed by atoms with Crippen molar-refractivity contribution in [3.05, 3.63) is 35.4 Å². The number of rotatable bonds is 14. The Balaban J connectivity index is 1.95. The highest BCUT2D eigenvalue weighted by molar-refractivity contribution is 7.91. The molecule has 0 radical (unpaired) electrons. The molecule has 2 atom stereocenters. The highest BCUT2D eigenvalue weighted by atomic mass is 32.2. The summed E-state index contributed by atoms with van der Waals surface area (Å²) in [5.74, 6) is 2.05. The van der Waals surface area contributed by atoms with Gasteiger partial charge in [0.15, 0.2) is 41.2 Å². The van der Waals surface area contributed by atoms with Crippen LogP contribution in [0.1, 0.15) is 70.3 Å². The largest absolute Gasteiger partial charge is 0.493 e. The van der Waals surface area contributed by atoms with Crippen molar-refractivity contribution in [2.45, 2.75) is 82.2 Å². The average Bonchev–Trinajstić information content (AvgIpc) is 3.44. The predicted molar refractivity (Wildman–Crippen MR) is 166 cm³/mol. The SMILES string of the molecule is CCCOc1c(OC)cc([C@@H]2CC[C@H](c3cc(OC)c(OC)c(OC)c3)O2)cc1S(=O)(=O)CCO[Si](C)(C)C(C)(C)C. The lowest BCUT2D eigenvalue weighted by Gasteiger charge is -2.36. The third-order valence-corrected chi connectivity index (χ3v) is 14.3. The molecule has 2 aromatic carbocycles. The quantitative estimate of drug-likeness (QED) is 0.208. The molecule has 236 valence electrons. The Morgan fingerprint density at radius 3 is 1.76 bits per heavy atom. The van der Waals surface area contributed by atoms with E-state index >= 15 is 0 Å². The number of hydrogen-bond donors (Lipinski definition) is 0. The van der Waals surface area contributed by atoms with Gasteiger partial charge in [0.25, 0.3) is 0 Å². The molecule has 0 unspecified atom stereocenters. The molecule has 42 heavy (non-hydrogen) atoms. The molecule has 0 saturated carbocycles. The van der Waals surface area contributed by atoms with Crippen LogP contribution in [-0.4, -0.2) is 64.1 Å². The molecule has 0 bridgehead atoms. The van der Waals surface area contributed by atoms with Crippen LogP contribution in [-0.2, 0) is 19.0 Å². The van der Waals surface area contributed by atoms with E-state index in [1.807, 2.05) is 25.1 Å². The van der Waals surface area contributed by atoms with Crippen molar-refractivity contribution in [3.63, 3.8) is 0 Å². The van der Waals surface area contributed by atoms with Gasteiger partial charge in [0.1, 0.15) is 4.90 Å². The molecule has 1 fully saturated rings. The molecule has 11 heteroatoms. The van der Waals surface area contributed by atoms with Crippen molar-refractivity contribution in [2.75, 3.05) is 47.4 Å². The fourth-order valence-corrected chi connectivity index (χ4v) is 7.13. The van der Waals surface area contributed by atoms with E-state index < -0.39 is 18.2 Å². The second-order valence-corrected chi connectivity index (χ2v) is 18.9. The first-order chi connectivity index (χ1) is 19.7. The smallest absolute Gasteiger partial charge is 0.203 e. The van der Waals surface area contributed by atoms with Crippen molar-refractivity contribution in [1.29, 1.82) is 0 Å². The highest BCUT2D eigenvalue weighted by Gasteiger charge is 2.38. The van der Waals surface area contributed by atoms with Gasteiger partial charge in [-0.05, 0) is 72.8 Å². The van der Waals surface area contributed by atoms with Gasteiger partial charge in [-0.1, -0.05) is 27.7 Å². The molecule has 0 aliphatic carbocycles. The fraction of sp³-hybridized carbons (Fsp3) is 0.613. The molecular formula is C31H48O9SSi. The van der Waals surface area contributed by atoms with Crippen LogP contribution < -0.4 is 23.7 Å². The van der Waals surface area contributed by atoms with Gasteiger partial charge < -0.3 is 32.8 Å². The van der Waals surface area contributed by atoms with Gasteiger partial charge >= 0.3 is 0 Å². The van der Waals surface area contributed by atoms with Crippen molar-refractivity contribution < 1.29 is 41.3 Å². The van der Waals surface area contributed by atoms with Crippen molar-refractivity contribution in [1.82, 2.24) is 0 Å². The first-order valence-corrected chi connectivity index (χ1v) is 19.0. The van der Waals surface area contributed by atoms with E-state index in [4.69, 9.17) is 32.8 Å². The van der Waals surface area contributed by atoms with E-state index in [-0.39, 0.29) is 40.3 Å². The third-order valence-electron chi connectivity index (χ3n) is 8.12. The molecule has 0 aromatic heterocycles. The summed E-state index contributed by atoms with van der Waals surface area (Å²) in [6, 6.07) is 7.26. The Bertz CT molecular complexity index is 1290. The van der Waals surface area contributed by atoms with Gasteiger partial charge in [-0.2, -0.15) is 0 Å². The molecule has 1 aliphatic rings. The summed E-state index contributed by atoms with van der Waals surface area (Å²) in [6.45, 7) is 13.1. The monoisotopic (exact) mass is 624 g/mol. The van der Waals surface area contributed by atoms with Crippen LogP contribution in [0.3, 0.4) is 0 Å². The number of benzene rings is 2. The van der Waals surface area contributed by atoms with Crippen LogP contribution >= 0.6 is 0 Å². The Kier molecular flexibility index (Phi) is 11.2. The Hall–Kier alpha value is -2.47. The van der Waals surface area contributed by atoms with Gasteiger partial charge in [0.05, 0.1) is 53.0 Å². The molecule has 1 saturated heterocycles. The van der Waals surface area contributed by atoms with Gasteiger partial charge in [0.2, 0.25) is 5.75 Å². The van der Waals surface area contributed by atoms with Crippen molar-refractivity contribution >= 4 is 18.2 Å². The van der Waals surface area contributed by atoms with E-state index in [1.54, 1.807) is 27.4 Å². The second kappa shape index (κ2) is 13.9. The summed E-state index contributed by atoms with van der Waals surface area (Å²) in [6.07, 6.45) is 1.54. The molecule has 0 spiro atoms. The molecular weight excluding hydrogens is 576 g/mol. The zero-order valence-electron chi connectivity index (χ0n) is 26.8. The summed E-state index contributed by atoms with van der Waals surface area (Å²) < 4.78 is 68.4. The first kappa shape index (κ1) is 34.0. The number of hydrogen-bond acceptors (Lipinski definition) is 9. The second-order valence-electron chi connectivity index (χ2n) is 12.0. The summed E-state index contributed by atoms with van der Waals surface area (Å²) in [5, 5.41) is -0.0242. The maximum atomic E-state index is 13.8. The minimum absolute atomic E-state index is 0.0242. The highest BCUT2D eigenvalue weighted by Crippen LogP contribution is 2.48. The number of methoxy groups -OCH3 is 4. The summed E-state index contributed by atoms with van der Waals surface area (Å²) in [7, 11) is 0.342. The van der Waals surface area contributed by atoms with Crippen LogP contribution in [0, 0.1) is 0 Å². The normalized spacial score (nSPS) is 17.7. The van der Waals surface area contributed by atoms with E-state index in [0.29, 0.717) is 36.0 Å². The lowest BCUT2D eigenvalue weighted by molar-refractivity contribution is 0.0435. The molecule has 1 heterocycles. The van der Waals surface area contributed by atoms with Crippen LogP contribution in [0.4, 0.5) is 0 Å². The maximum Gasteiger partial charge on any atom is 0.203 e. The van der Waals surface area contributed by atoms with Gasteiger partial charge in [0, 0.05) is 6.61 Å². The zero-order valence-corrected chi connectivity index (χ0v) is 28.6. The minimum Gasteiger partial charge on any atom is -0.493 e. The molecule has 0 N–H and O–H groups in total. The number of sulfone groups is 1. The topological polar surface area (TPSA) is 98.8 Å². The number of ether oxygens (including phenoxy) is 6. The van der Waals surface area contributed by atoms with Crippen LogP contribution in [0.5, 0.6) is 28.7 Å². The van der Waals surface area contributed by atoms with Crippen molar-refractivity contribution in [2.24, 2.45) is 0 Å². The maximum absolute atomic E-state index is 13.8. The van der Waals surface area contributed by atoms with Crippen LogP contribution in [0.15, 0.2) is 29.2 Å².